The van der Waals surface area contributed by atoms with E-state index < -0.39 is 11.7 Å². The van der Waals surface area contributed by atoms with Gasteiger partial charge in [0.25, 0.3) is 0 Å². The number of hydrogen-bond donors (Lipinski definition) is 1. The van der Waals surface area contributed by atoms with Crippen molar-refractivity contribution in [3.05, 3.63) is 29.8 Å². The van der Waals surface area contributed by atoms with Crippen molar-refractivity contribution in [2.24, 2.45) is 0 Å². The SMILES string of the molecule is FC(F)(F)c1cccc(SCC2CCCN2)c1. The molecule has 0 saturated carbocycles. The molecule has 1 nitrogen and oxygen atoms in total. The summed E-state index contributed by atoms with van der Waals surface area (Å²) < 4.78 is 37.5. The average Bonchev–Trinajstić information content (AvgIpc) is 2.78. The maximum atomic E-state index is 12.5. The molecule has 1 saturated heterocycles. The fraction of sp³-hybridized carbons (Fsp3) is 0.500. The first-order valence-corrected chi connectivity index (χ1v) is 6.58. The van der Waals surface area contributed by atoms with Crippen LogP contribution < -0.4 is 5.32 Å². The molecule has 1 aromatic carbocycles. The second-order valence-electron chi connectivity index (χ2n) is 4.13. The monoisotopic (exact) mass is 261 g/mol. The molecule has 17 heavy (non-hydrogen) atoms. The summed E-state index contributed by atoms with van der Waals surface area (Å²) in [6, 6.07) is 5.97. The van der Waals surface area contributed by atoms with Crippen LogP contribution in [0.2, 0.25) is 0 Å². The van der Waals surface area contributed by atoms with Gasteiger partial charge in [0.05, 0.1) is 5.56 Å². The molecule has 1 atom stereocenters. The van der Waals surface area contributed by atoms with Gasteiger partial charge in [0, 0.05) is 16.7 Å². The minimum Gasteiger partial charge on any atom is -0.313 e. The van der Waals surface area contributed by atoms with E-state index in [1.54, 1.807) is 6.07 Å². The van der Waals surface area contributed by atoms with Crippen LogP contribution in [0.5, 0.6) is 0 Å². The Morgan fingerprint density at radius 2 is 2.18 bits per heavy atom. The Morgan fingerprint density at radius 1 is 1.35 bits per heavy atom. The Kier molecular flexibility index (Phi) is 3.99. The average molecular weight is 261 g/mol. The van der Waals surface area contributed by atoms with Gasteiger partial charge in [-0.15, -0.1) is 11.8 Å². The van der Waals surface area contributed by atoms with E-state index >= 15 is 0 Å². The van der Waals surface area contributed by atoms with Crippen LogP contribution in [0.25, 0.3) is 0 Å². The molecular formula is C12H14F3NS. The van der Waals surface area contributed by atoms with Crippen molar-refractivity contribution in [3.63, 3.8) is 0 Å². The topological polar surface area (TPSA) is 12.0 Å². The quantitative estimate of drug-likeness (QED) is 0.835. The first-order chi connectivity index (χ1) is 8.05. The zero-order valence-corrected chi connectivity index (χ0v) is 10.1. The second kappa shape index (κ2) is 5.31. The minimum absolute atomic E-state index is 0.439. The van der Waals surface area contributed by atoms with E-state index in [-0.39, 0.29) is 0 Å². The van der Waals surface area contributed by atoms with E-state index in [2.05, 4.69) is 5.32 Å². The number of nitrogens with one attached hydrogen (secondary N) is 1. The minimum atomic E-state index is -4.25. The summed E-state index contributed by atoms with van der Waals surface area (Å²) in [6.45, 7) is 1.02. The summed E-state index contributed by atoms with van der Waals surface area (Å²) in [4.78, 5) is 0.688. The third-order valence-electron chi connectivity index (χ3n) is 2.77. The van der Waals surface area contributed by atoms with Crippen LogP contribution in [-0.2, 0) is 6.18 Å². The molecule has 0 aromatic heterocycles. The van der Waals surface area contributed by atoms with Gasteiger partial charge in [0.15, 0.2) is 0 Å². The van der Waals surface area contributed by atoms with Crippen LogP contribution >= 0.6 is 11.8 Å². The highest BCUT2D eigenvalue weighted by Gasteiger charge is 2.30. The van der Waals surface area contributed by atoms with Crippen LogP contribution in [-0.4, -0.2) is 18.3 Å². The zero-order valence-electron chi connectivity index (χ0n) is 9.26. The van der Waals surface area contributed by atoms with Gasteiger partial charge in [0.2, 0.25) is 0 Å². The molecule has 94 valence electrons. The van der Waals surface area contributed by atoms with E-state index in [1.807, 2.05) is 0 Å². The lowest BCUT2D eigenvalue weighted by Gasteiger charge is -2.11. The molecule has 5 heteroatoms. The van der Waals surface area contributed by atoms with Crippen molar-refractivity contribution in [3.8, 4) is 0 Å². The maximum Gasteiger partial charge on any atom is 0.416 e. The molecule has 0 spiro atoms. The molecule has 2 rings (SSSR count). The highest BCUT2D eigenvalue weighted by molar-refractivity contribution is 7.99. The van der Waals surface area contributed by atoms with Gasteiger partial charge >= 0.3 is 6.18 Å². The second-order valence-corrected chi connectivity index (χ2v) is 5.22. The van der Waals surface area contributed by atoms with Gasteiger partial charge < -0.3 is 5.32 Å². The fourth-order valence-electron chi connectivity index (χ4n) is 1.86. The van der Waals surface area contributed by atoms with Gasteiger partial charge in [-0.25, -0.2) is 0 Å². The predicted molar refractivity (Wildman–Crippen MR) is 63.2 cm³/mol. The molecule has 0 bridgehead atoms. The largest absolute Gasteiger partial charge is 0.416 e. The number of hydrogen-bond acceptors (Lipinski definition) is 2. The van der Waals surface area contributed by atoms with Gasteiger partial charge in [-0.1, -0.05) is 6.07 Å². The lowest BCUT2D eigenvalue weighted by Crippen LogP contribution is -2.23. The van der Waals surface area contributed by atoms with Crippen molar-refractivity contribution in [2.75, 3.05) is 12.3 Å². The van der Waals surface area contributed by atoms with Crippen LogP contribution in [0, 0.1) is 0 Å². The Balaban J connectivity index is 1.96. The summed E-state index contributed by atoms with van der Waals surface area (Å²) in [5, 5.41) is 3.33. The Labute approximate surface area is 103 Å². The van der Waals surface area contributed by atoms with E-state index in [4.69, 9.17) is 0 Å². The first-order valence-electron chi connectivity index (χ1n) is 5.59. The summed E-state index contributed by atoms with van der Waals surface area (Å²) in [6.07, 6.45) is -1.97. The number of benzene rings is 1. The summed E-state index contributed by atoms with van der Waals surface area (Å²) in [7, 11) is 0. The Bertz CT molecular complexity index is 372. The van der Waals surface area contributed by atoms with Crippen LogP contribution in [0.3, 0.4) is 0 Å². The number of rotatable bonds is 3. The molecule has 1 aliphatic rings. The molecule has 1 aliphatic heterocycles. The summed E-state index contributed by atoms with van der Waals surface area (Å²) >= 11 is 1.49. The first kappa shape index (κ1) is 12.8. The number of alkyl halides is 3. The number of thioether (sulfide) groups is 1. The van der Waals surface area contributed by atoms with Crippen molar-refractivity contribution < 1.29 is 13.2 Å². The van der Waals surface area contributed by atoms with Crippen molar-refractivity contribution >= 4 is 11.8 Å². The smallest absolute Gasteiger partial charge is 0.313 e. The molecular weight excluding hydrogens is 247 g/mol. The lowest BCUT2D eigenvalue weighted by atomic mass is 10.2. The molecule has 1 fully saturated rings. The zero-order chi connectivity index (χ0) is 12.3. The Hall–Kier alpha value is -0.680. The van der Waals surface area contributed by atoms with E-state index in [0.717, 1.165) is 31.2 Å². The normalized spacial score (nSPS) is 20.8. The molecule has 1 heterocycles. The highest BCUT2D eigenvalue weighted by Crippen LogP contribution is 2.32. The van der Waals surface area contributed by atoms with E-state index in [0.29, 0.717) is 10.9 Å². The van der Waals surface area contributed by atoms with Crippen molar-refractivity contribution in [1.82, 2.24) is 5.32 Å². The molecule has 0 amide bonds. The summed E-state index contributed by atoms with van der Waals surface area (Å²) in [5.74, 6) is 0.835. The fourth-order valence-corrected chi connectivity index (χ4v) is 2.92. The van der Waals surface area contributed by atoms with Crippen LogP contribution in [0.1, 0.15) is 18.4 Å². The van der Waals surface area contributed by atoms with Crippen molar-refractivity contribution in [2.45, 2.75) is 30.0 Å². The van der Waals surface area contributed by atoms with E-state index in [1.165, 1.54) is 23.9 Å². The highest BCUT2D eigenvalue weighted by atomic mass is 32.2. The maximum absolute atomic E-state index is 12.5. The third-order valence-corrected chi connectivity index (χ3v) is 3.93. The third kappa shape index (κ3) is 3.64. The molecule has 1 aromatic rings. The van der Waals surface area contributed by atoms with E-state index in [9.17, 15) is 13.2 Å². The van der Waals surface area contributed by atoms with Gasteiger partial charge in [0.1, 0.15) is 0 Å². The predicted octanol–water partition coefficient (Wildman–Crippen LogP) is 3.55. The number of halogens is 3. The lowest BCUT2D eigenvalue weighted by molar-refractivity contribution is -0.137. The molecule has 1 N–H and O–H groups in total. The molecule has 0 aliphatic carbocycles. The van der Waals surface area contributed by atoms with Gasteiger partial charge in [-0.05, 0) is 37.6 Å². The summed E-state index contributed by atoms with van der Waals surface area (Å²) in [5.41, 5.74) is -0.568. The molecule has 0 radical (unpaired) electrons. The standard InChI is InChI=1S/C12H14F3NS/c13-12(14,15)9-3-1-5-11(7-9)17-8-10-4-2-6-16-10/h1,3,5,7,10,16H,2,4,6,8H2. The van der Waals surface area contributed by atoms with Crippen LogP contribution in [0.15, 0.2) is 29.2 Å². The molecule has 1 unspecified atom stereocenters. The Morgan fingerprint density at radius 3 is 2.82 bits per heavy atom. The van der Waals surface area contributed by atoms with Crippen LogP contribution in [0.4, 0.5) is 13.2 Å². The van der Waals surface area contributed by atoms with Gasteiger partial charge in [-0.2, -0.15) is 13.2 Å². The van der Waals surface area contributed by atoms with Gasteiger partial charge in [-0.3, -0.25) is 0 Å². The van der Waals surface area contributed by atoms with Crippen molar-refractivity contribution in [1.29, 1.82) is 0 Å².